The summed E-state index contributed by atoms with van der Waals surface area (Å²) < 4.78 is 0. The molecular weight excluding hydrogens is 175 g/mol. The van der Waals surface area contributed by atoms with Gasteiger partial charge in [-0.15, -0.1) is 0 Å². The van der Waals surface area contributed by atoms with Crippen LogP contribution in [0.2, 0.25) is 0 Å². The zero-order chi connectivity index (χ0) is 3.41. The summed E-state index contributed by atoms with van der Waals surface area (Å²) in [5, 5.41) is 6.33. The van der Waals surface area contributed by atoms with Gasteiger partial charge in [0.25, 0.3) is 0 Å². The van der Waals surface area contributed by atoms with E-state index in [9.17, 15) is 0 Å². The van der Waals surface area contributed by atoms with Gasteiger partial charge in [0.15, 0.2) is 6.61 Å². The quantitative estimate of drug-likeness (QED) is 0.364. The fourth-order valence-electron chi connectivity index (χ4n) is 0. The van der Waals surface area contributed by atoms with Crippen molar-refractivity contribution in [3.8, 4) is 0 Å². The van der Waals surface area contributed by atoms with Crippen LogP contribution in [0.5, 0.6) is 0 Å². The molecule has 0 unspecified atom stereocenters. The van der Waals surface area contributed by atoms with Crippen LogP contribution in [0, 0.1) is 0 Å². The first kappa shape index (κ1) is 40.3. The van der Waals surface area contributed by atoms with Crippen molar-refractivity contribution in [2.24, 2.45) is 5.73 Å². The fourth-order valence-corrected chi connectivity index (χ4v) is 0. The Morgan fingerprint density at radius 2 is 1.25 bits per heavy atom. The van der Waals surface area contributed by atoms with Crippen LogP contribution >= 0.6 is 0 Å². The van der Waals surface area contributed by atoms with E-state index in [4.69, 9.17) is 10.8 Å². The van der Waals surface area contributed by atoms with E-state index in [0.717, 1.165) is 0 Å². The minimum absolute atomic E-state index is 0. The SMILES string of the molecule is NCC[OH2+].[Ge].[OH-].[OH-].[OH-]. The smallest absolute Gasteiger partial charge is 0.156 e. The van der Waals surface area contributed by atoms with E-state index in [-0.39, 0.29) is 34.0 Å². The third kappa shape index (κ3) is 100. The Hall–Kier alpha value is 0.343. The Morgan fingerprint density at radius 1 is 1.12 bits per heavy atom. The molecule has 0 rings (SSSR count). The van der Waals surface area contributed by atoms with Gasteiger partial charge < -0.3 is 27.3 Å². The van der Waals surface area contributed by atoms with Gasteiger partial charge in [0.2, 0.25) is 0 Å². The van der Waals surface area contributed by atoms with Gasteiger partial charge in [-0.05, 0) is 0 Å². The summed E-state index contributed by atoms with van der Waals surface area (Å²) in [6.07, 6.45) is 0. The molecule has 8 heavy (non-hydrogen) atoms. The van der Waals surface area contributed by atoms with Gasteiger partial charge >= 0.3 is 0 Å². The molecule has 0 fully saturated rings. The maximum absolute atomic E-state index is 6.33. The Labute approximate surface area is 58.8 Å². The van der Waals surface area contributed by atoms with E-state index in [1.54, 1.807) is 0 Å². The second-order valence-corrected chi connectivity index (χ2v) is 0.539. The minimum atomic E-state index is 0. The van der Waals surface area contributed by atoms with E-state index in [1.165, 1.54) is 0 Å². The molecule has 5 nitrogen and oxygen atoms in total. The normalized spacial score (nSPS) is 3.75. The van der Waals surface area contributed by atoms with Gasteiger partial charge in [0.05, 0.1) is 6.54 Å². The molecule has 0 aromatic carbocycles. The second kappa shape index (κ2) is 53.8. The third-order valence-electron chi connectivity index (χ3n) is 0.144. The largest absolute Gasteiger partial charge is 0.870 e. The summed E-state index contributed by atoms with van der Waals surface area (Å²) in [6, 6.07) is 0. The molecule has 0 heterocycles. The van der Waals surface area contributed by atoms with Crippen LogP contribution in [0.3, 0.4) is 0 Å². The molecule has 0 aliphatic rings. The van der Waals surface area contributed by atoms with Crippen LogP contribution < -0.4 is 5.73 Å². The average Bonchev–Trinajstić information content (AvgIpc) is 1.37. The maximum atomic E-state index is 6.33. The number of hydrogen-bond acceptors (Lipinski definition) is 4. The van der Waals surface area contributed by atoms with Gasteiger partial charge in [-0.2, -0.15) is 0 Å². The molecule has 7 N–H and O–H groups in total. The molecule has 0 atom stereocenters. The van der Waals surface area contributed by atoms with E-state index in [2.05, 4.69) is 0 Å². The van der Waals surface area contributed by atoms with Crippen molar-refractivity contribution in [1.29, 1.82) is 0 Å². The number of nitrogens with two attached hydrogens (primary N) is 1. The molecule has 0 aromatic heterocycles. The topological polar surface area (TPSA) is 139 Å². The van der Waals surface area contributed by atoms with Crippen LogP contribution in [0.25, 0.3) is 0 Å². The van der Waals surface area contributed by atoms with Crippen LogP contribution in [0.1, 0.15) is 0 Å². The van der Waals surface area contributed by atoms with Gasteiger partial charge in [-0.3, -0.25) is 0 Å². The van der Waals surface area contributed by atoms with Gasteiger partial charge in [0, 0.05) is 17.6 Å². The molecule has 0 aliphatic heterocycles. The third-order valence-corrected chi connectivity index (χ3v) is 0.144. The summed E-state index contributed by atoms with van der Waals surface area (Å²) in [4.78, 5) is 0. The van der Waals surface area contributed by atoms with Crippen molar-refractivity contribution in [2.75, 3.05) is 13.2 Å². The fraction of sp³-hybridized carbons (Fsp3) is 1.00. The predicted molar refractivity (Wildman–Crippen MR) is 29.1 cm³/mol. The van der Waals surface area contributed by atoms with Crippen molar-refractivity contribution in [3.05, 3.63) is 0 Å². The standard InChI is InChI=1S/C2H7NO.Ge.3H2O/c3-1-2-4;;;;/h4H,1-3H2;;3*1H2/p-2. The first-order chi connectivity index (χ1) is 1.91. The maximum Gasteiger partial charge on any atom is 0.156 e. The first-order valence-corrected chi connectivity index (χ1v) is 1.26. The summed E-state index contributed by atoms with van der Waals surface area (Å²) in [7, 11) is 0. The molecule has 0 saturated carbocycles. The number of hydrogen-bond donors (Lipinski definition) is 1. The predicted octanol–water partition coefficient (Wildman–Crippen LogP) is -2.24. The first-order valence-electron chi connectivity index (χ1n) is 1.26. The van der Waals surface area contributed by atoms with Crippen LogP contribution in [-0.4, -0.2) is 52.3 Å². The van der Waals surface area contributed by atoms with Crippen LogP contribution in [-0.2, 0) is 0 Å². The van der Waals surface area contributed by atoms with E-state index >= 15 is 0 Å². The molecule has 0 saturated heterocycles. The van der Waals surface area contributed by atoms with Gasteiger partial charge in [0.1, 0.15) is 0 Å². The summed E-state index contributed by atoms with van der Waals surface area (Å²) in [5.41, 5.74) is 4.84. The minimum Gasteiger partial charge on any atom is -0.870 e. The van der Waals surface area contributed by atoms with Crippen LogP contribution in [0.15, 0.2) is 0 Å². The Kier molecular flexibility index (Phi) is 271. The monoisotopic (exact) mass is 187 g/mol. The molecule has 0 aromatic rings. The zero-order valence-corrected chi connectivity index (χ0v) is 6.43. The molecule has 4 radical (unpaired) electrons. The molecular formula is C2H11GeNO4-2. The number of rotatable bonds is 1. The van der Waals surface area contributed by atoms with E-state index in [0.29, 0.717) is 13.2 Å². The molecule has 0 aliphatic carbocycles. The Balaban J connectivity index is -0.00000000750. The average molecular weight is 186 g/mol. The van der Waals surface area contributed by atoms with Crippen molar-refractivity contribution in [1.82, 2.24) is 0 Å². The van der Waals surface area contributed by atoms with Crippen LogP contribution in [0.4, 0.5) is 0 Å². The molecule has 54 valence electrons. The zero-order valence-electron chi connectivity index (χ0n) is 4.33. The Bertz CT molecular complexity index is 16.0. The Morgan fingerprint density at radius 3 is 1.25 bits per heavy atom. The van der Waals surface area contributed by atoms with Crippen molar-refractivity contribution in [2.45, 2.75) is 0 Å². The van der Waals surface area contributed by atoms with Crippen molar-refractivity contribution in [3.63, 3.8) is 0 Å². The summed E-state index contributed by atoms with van der Waals surface area (Å²) in [6.45, 7) is 0.833. The van der Waals surface area contributed by atoms with Crippen molar-refractivity contribution >= 4 is 17.6 Å². The van der Waals surface area contributed by atoms with Crippen molar-refractivity contribution < 1.29 is 21.5 Å². The summed E-state index contributed by atoms with van der Waals surface area (Å²) >= 11 is 0. The molecule has 0 amide bonds. The molecule has 0 spiro atoms. The second-order valence-electron chi connectivity index (χ2n) is 0.539. The molecule has 6 heteroatoms. The molecule has 0 bridgehead atoms. The van der Waals surface area contributed by atoms with E-state index < -0.39 is 0 Å². The van der Waals surface area contributed by atoms with Gasteiger partial charge in [-0.1, -0.05) is 0 Å². The summed E-state index contributed by atoms with van der Waals surface area (Å²) in [5.74, 6) is 0. The van der Waals surface area contributed by atoms with E-state index in [1.807, 2.05) is 0 Å². The van der Waals surface area contributed by atoms with Gasteiger partial charge in [-0.25, -0.2) is 0 Å².